The number of fused-ring (bicyclic) bond motifs is 1. The Bertz CT molecular complexity index is 933. The molecule has 0 saturated carbocycles. The van der Waals surface area contributed by atoms with Crippen LogP contribution in [-0.2, 0) is 11.2 Å². The minimum Gasteiger partial charge on any atom is -0.493 e. The van der Waals surface area contributed by atoms with E-state index in [2.05, 4.69) is 10.3 Å². The highest BCUT2D eigenvalue weighted by Crippen LogP contribution is 2.28. The molecule has 0 fully saturated rings. The van der Waals surface area contributed by atoms with Crippen molar-refractivity contribution >= 4 is 22.7 Å². The van der Waals surface area contributed by atoms with Crippen LogP contribution in [0.15, 0.2) is 40.8 Å². The molecule has 0 bridgehead atoms. The highest BCUT2D eigenvalue weighted by molar-refractivity contribution is 5.94. The van der Waals surface area contributed by atoms with Gasteiger partial charge in [0.1, 0.15) is 5.52 Å². The van der Waals surface area contributed by atoms with Crippen LogP contribution in [0.2, 0.25) is 0 Å². The largest absolute Gasteiger partial charge is 0.493 e. The molecule has 26 heavy (non-hydrogen) atoms. The number of oxazole rings is 1. The Morgan fingerprint density at radius 2 is 1.92 bits per heavy atom. The molecule has 1 heterocycles. The Labute approximate surface area is 152 Å². The number of anilines is 1. The van der Waals surface area contributed by atoms with E-state index >= 15 is 0 Å². The van der Waals surface area contributed by atoms with E-state index in [0.29, 0.717) is 35.1 Å². The summed E-state index contributed by atoms with van der Waals surface area (Å²) in [5.41, 5.74) is 3.15. The third-order valence-corrected chi connectivity index (χ3v) is 4.20. The second kappa shape index (κ2) is 7.47. The molecule has 1 amide bonds. The van der Waals surface area contributed by atoms with Crippen LogP contribution < -0.4 is 14.8 Å². The number of amides is 1. The summed E-state index contributed by atoms with van der Waals surface area (Å²) in [6.45, 7) is 3.69. The van der Waals surface area contributed by atoms with Crippen LogP contribution in [0.4, 0.5) is 5.69 Å². The summed E-state index contributed by atoms with van der Waals surface area (Å²) in [4.78, 5) is 16.8. The number of nitrogens with one attached hydrogen (secondary N) is 1. The first-order chi connectivity index (χ1) is 12.5. The monoisotopic (exact) mass is 354 g/mol. The number of carbonyl (C=O) groups is 1. The number of rotatable bonds is 6. The van der Waals surface area contributed by atoms with Gasteiger partial charge in [0, 0.05) is 18.5 Å². The van der Waals surface area contributed by atoms with Crippen molar-refractivity contribution in [1.29, 1.82) is 0 Å². The van der Waals surface area contributed by atoms with Crippen LogP contribution in [-0.4, -0.2) is 25.1 Å². The quantitative estimate of drug-likeness (QED) is 0.725. The van der Waals surface area contributed by atoms with Crippen molar-refractivity contribution in [2.45, 2.75) is 20.3 Å². The first-order valence-corrected chi connectivity index (χ1v) is 8.39. The third-order valence-electron chi connectivity index (χ3n) is 4.20. The maximum atomic E-state index is 12.5. The number of aryl methyl sites for hydroxylation is 1. The van der Waals surface area contributed by atoms with Crippen molar-refractivity contribution in [3.63, 3.8) is 0 Å². The van der Waals surface area contributed by atoms with Crippen molar-refractivity contribution in [3.05, 3.63) is 47.9 Å². The Balaban J connectivity index is 1.68. The van der Waals surface area contributed by atoms with Gasteiger partial charge in [-0.15, -0.1) is 0 Å². The zero-order chi connectivity index (χ0) is 18.7. The van der Waals surface area contributed by atoms with E-state index in [4.69, 9.17) is 13.9 Å². The van der Waals surface area contributed by atoms with Crippen LogP contribution >= 0.6 is 0 Å². The zero-order valence-electron chi connectivity index (χ0n) is 15.3. The Morgan fingerprint density at radius 3 is 2.65 bits per heavy atom. The molecule has 6 nitrogen and oxygen atoms in total. The highest BCUT2D eigenvalue weighted by Gasteiger charge is 2.16. The molecule has 0 saturated heterocycles. The van der Waals surface area contributed by atoms with E-state index in [-0.39, 0.29) is 11.8 Å². The van der Waals surface area contributed by atoms with Crippen molar-refractivity contribution in [3.8, 4) is 11.5 Å². The van der Waals surface area contributed by atoms with E-state index in [9.17, 15) is 4.79 Å². The summed E-state index contributed by atoms with van der Waals surface area (Å²) in [5.74, 6) is 1.67. The van der Waals surface area contributed by atoms with E-state index in [1.165, 1.54) is 0 Å². The number of hydrogen-bond donors (Lipinski definition) is 1. The molecule has 1 unspecified atom stereocenters. The summed E-state index contributed by atoms with van der Waals surface area (Å²) < 4.78 is 16.0. The molecule has 136 valence electrons. The lowest BCUT2D eigenvalue weighted by atomic mass is 10.00. The minimum atomic E-state index is -0.206. The molecule has 1 aromatic heterocycles. The summed E-state index contributed by atoms with van der Waals surface area (Å²) in [5, 5.41) is 2.94. The number of aromatic nitrogens is 1. The maximum Gasteiger partial charge on any atom is 0.227 e. The lowest BCUT2D eigenvalue weighted by Gasteiger charge is -2.14. The molecule has 0 radical (unpaired) electrons. The lowest BCUT2D eigenvalue weighted by Crippen LogP contribution is -2.22. The summed E-state index contributed by atoms with van der Waals surface area (Å²) in [6, 6.07) is 11.1. The number of hydrogen-bond acceptors (Lipinski definition) is 5. The van der Waals surface area contributed by atoms with Crippen LogP contribution in [0.3, 0.4) is 0 Å². The van der Waals surface area contributed by atoms with E-state index in [1.807, 2.05) is 43.3 Å². The van der Waals surface area contributed by atoms with Gasteiger partial charge in [-0.3, -0.25) is 4.79 Å². The topological polar surface area (TPSA) is 73.6 Å². The fraction of sp³-hybridized carbons (Fsp3) is 0.300. The van der Waals surface area contributed by atoms with Crippen molar-refractivity contribution < 1.29 is 18.7 Å². The fourth-order valence-electron chi connectivity index (χ4n) is 2.84. The summed E-state index contributed by atoms with van der Waals surface area (Å²) in [7, 11) is 3.19. The van der Waals surface area contributed by atoms with E-state index in [0.717, 1.165) is 11.1 Å². The highest BCUT2D eigenvalue weighted by atomic mass is 16.5. The molecule has 0 aliphatic rings. The molecule has 3 aromatic rings. The number of nitrogens with zero attached hydrogens (tertiary/aromatic N) is 1. The van der Waals surface area contributed by atoms with E-state index < -0.39 is 0 Å². The molecule has 0 spiro atoms. The van der Waals surface area contributed by atoms with Gasteiger partial charge in [0.25, 0.3) is 0 Å². The first kappa shape index (κ1) is 17.8. The van der Waals surface area contributed by atoms with Gasteiger partial charge in [-0.2, -0.15) is 0 Å². The number of carbonyl (C=O) groups excluding carboxylic acids is 1. The van der Waals surface area contributed by atoms with Gasteiger partial charge in [0.05, 0.1) is 14.2 Å². The molecule has 0 aliphatic heterocycles. The van der Waals surface area contributed by atoms with Gasteiger partial charge in [-0.05, 0) is 42.3 Å². The minimum absolute atomic E-state index is 0.0562. The molecule has 1 atom stereocenters. The van der Waals surface area contributed by atoms with Crippen LogP contribution in [0.1, 0.15) is 18.4 Å². The van der Waals surface area contributed by atoms with E-state index in [1.54, 1.807) is 21.1 Å². The molecule has 3 rings (SSSR count). The van der Waals surface area contributed by atoms with Gasteiger partial charge < -0.3 is 19.2 Å². The second-order valence-electron chi connectivity index (χ2n) is 6.20. The Kier molecular flexibility index (Phi) is 5.11. The van der Waals surface area contributed by atoms with Gasteiger partial charge >= 0.3 is 0 Å². The standard InChI is InChI=1S/C20H22N2O4/c1-12(9-14-5-7-18(24-3)19(10-14)25-4)20(23)22-15-6-8-17-16(11-15)21-13(2)26-17/h5-8,10-12H,9H2,1-4H3,(H,22,23). The van der Waals surface area contributed by atoms with Gasteiger partial charge in [0.15, 0.2) is 23.0 Å². The van der Waals surface area contributed by atoms with Crippen LogP contribution in [0.5, 0.6) is 11.5 Å². The third kappa shape index (κ3) is 3.79. The smallest absolute Gasteiger partial charge is 0.227 e. The predicted octanol–water partition coefficient (Wildman–Crippen LogP) is 3.97. The summed E-state index contributed by atoms with van der Waals surface area (Å²) in [6.07, 6.45) is 0.595. The molecule has 0 aliphatic carbocycles. The van der Waals surface area contributed by atoms with Crippen molar-refractivity contribution in [2.24, 2.45) is 5.92 Å². The van der Waals surface area contributed by atoms with Gasteiger partial charge in [-0.1, -0.05) is 13.0 Å². The van der Waals surface area contributed by atoms with Gasteiger partial charge in [0.2, 0.25) is 5.91 Å². The molecular formula is C20H22N2O4. The average molecular weight is 354 g/mol. The molecular weight excluding hydrogens is 332 g/mol. The Hall–Kier alpha value is -3.02. The molecule has 2 aromatic carbocycles. The van der Waals surface area contributed by atoms with Crippen LogP contribution in [0.25, 0.3) is 11.1 Å². The lowest BCUT2D eigenvalue weighted by molar-refractivity contribution is -0.119. The fourth-order valence-corrected chi connectivity index (χ4v) is 2.84. The SMILES string of the molecule is COc1ccc(CC(C)C(=O)Nc2ccc3oc(C)nc3c2)cc1OC. The maximum absolute atomic E-state index is 12.5. The molecule has 6 heteroatoms. The Morgan fingerprint density at radius 1 is 1.15 bits per heavy atom. The summed E-state index contributed by atoms with van der Waals surface area (Å²) >= 11 is 0. The van der Waals surface area contributed by atoms with Crippen molar-refractivity contribution in [2.75, 3.05) is 19.5 Å². The first-order valence-electron chi connectivity index (χ1n) is 8.39. The number of ether oxygens (including phenoxy) is 2. The number of benzene rings is 2. The van der Waals surface area contributed by atoms with Crippen LogP contribution in [0, 0.1) is 12.8 Å². The predicted molar refractivity (Wildman–Crippen MR) is 99.8 cm³/mol. The molecule has 1 N–H and O–H groups in total. The number of methoxy groups -OCH3 is 2. The average Bonchev–Trinajstić information content (AvgIpc) is 3.00. The van der Waals surface area contributed by atoms with Crippen molar-refractivity contribution in [1.82, 2.24) is 4.98 Å². The normalized spacial score (nSPS) is 12.0. The second-order valence-corrected chi connectivity index (χ2v) is 6.20. The zero-order valence-corrected chi connectivity index (χ0v) is 15.3. The van der Waals surface area contributed by atoms with Gasteiger partial charge in [-0.25, -0.2) is 4.98 Å².